The number of benzene rings is 2. The molecular weight excluding hydrogens is 300 g/mol. The van der Waals surface area contributed by atoms with Crippen LogP contribution in [0.1, 0.15) is 24.0 Å². The molecule has 23 heavy (non-hydrogen) atoms. The van der Waals surface area contributed by atoms with E-state index in [2.05, 4.69) is 0 Å². The number of phenols is 1. The van der Waals surface area contributed by atoms with Gasteiger partial charge in [-0.25, -0.2) is 0 Å². The predicted octanol–water partition coefficient (Wildman–Crippen LogP) is 3.77. The molecule has 0 heterocycles. The summed E-state index contributed by atoms with van der Waals surface area (Å²) in [6.07, 6.45) is 2.38. The first-order valence-electron chi connectivity index (χ1n) is 7.18. The molecule has 7 nitrogen and oxygen atoms in total. The molecule has 2 aromatic rings. The van der Waals surface area contributed by atoms with Gasteiger partial charge < -0.3 is 5.11 Å². The third kappa shape index (κ3) is 4.03. The van der Waals surface area contributed by atoms with E-state index in [9.17, 15) is 25.3 Å². The van der Waals surface area contributed by atoms with Gasteiger partial charge in [-0.2, -0.15) is 0 Å². The number of unbranched alkanes of at least 4 members (excludes halogenated alkanes) is 1. The van der Waals surface area contributed by atoms with Crippen LogP contribution in [-0.2, 0) is 12.8 Å². The van der Waals surface area contributed by atoms with E-state index in [0.29, 0.717) is 6.42 Å². The highest BCUT2D eigenvalue weighted by Gasteiger charge is 2.30. The third-order valence-corrected chi connectivity index (χ3v) is 3.60. The van der Waals surface area contributed by atoms with Gasteiger partial charge in [-0.1, -0.05) is 30.3 Å². The highest BCUT2D eigenvalue weighted by atomic mass is 16.6. The van der Waals surface area contributed by atoms with Gasteiger partial charge in [0.1, 0.15) is 5.75 Å². The highest BCUT2D eigenvalue weighted by Crippen LogP contribution is 2.37. The van der Waals surface area contributed by atoms with Crippen molar-refractivity contribution in [3.05, 3.63) is 73.8 Å². The Hall–Kier alpha value is -2.96. The molecule has 1 N–H and O–H groups in total. The summed E-state index contributed by atoms with van der Waals surface area (Å²) in [6, 6.07) is 11.9. The van der Waals surface area contributed by atoms with Gasteiger partial charge in [0.15, 0.2) is 0 Å². The van der Waals surface area contributed by atoms with Crippen molar-refractivity contribution in [3.8, 4) is 5.75 Å². The van der Waals surface area contributed by atoms with Gasteiger partial charge in [0.05, 0.1) is 15.4 Å². The SMILES string of the molecule is O=[N+]([O-])c1ccc(O)c(CCCCc2ccccc2)c1[N+](=O)[O-]. The molecule has 120 valence electrons. The largest absolute Gasteiger partial charge is 0.507 e. The maximum Gasteiger partial charge on any atom is 0.352 e. The first kappa shape index (κ1) is 16.4. The van der Waals surface area contributed by atoms with Crippen LogP contribution in [0.5, 0.6) is 5.75 Å². The molecule has 0 radical (unpaired) electrons. The quantitative estimate of drug-likeness (QED) is 0.475. The van der Waals surface area contributed by atoms with Crippen molar-refractivity contribution in [3.63, 3.8) is 0 Å². The van der Waals surface area contributed by atoms with Crippen LogP contribution >= 0.6 is 0 Å². The van der Waals surface area contributed by atoms with Crippen molar-refractivity contribution in [2.75, 3.05) is 0 Å². The standard InChI is InChI=1S/C16H16N2O5/c19-15-11-10-14(17(20)21)16(18(22)23)13(15)9-5-4-8-12-6-2-1-3-7-12/h1-3,6-7,10-11,19H,4-5,8-9H2. The lowest BCUT2D eigenvalue weighted by molar-refractivity contribution is -0.423. The predicted molar refractivity (Wildman–Crippen MR) is 84.5 cm³/mol. The van der Waals surface area contributed by atoms with E-state index in [-0.39, 0.29) is 17.7 Å². The molecule has 0 amide bonds. The lowest BCUT2D eigenvalue weighted by Gasteiger charge is -2.06. The zero-order valence-electron chi connectivity index (χ0n) is 12.3. The molecule has 0 aliphatic heterocycles. The summed E-state index contributed by atoms with van der Waals surface area (Å²) in [5.74, 6) is -0.276. The van der Waals surface area contributed by atoms with Gasteiger partial charge in [-0.05, 0) is 37.3 Å². The summed E-state index contributed by atoms with van der Waals surface area (Å²) >= 11 is 0. The van der Waals surface area contributed by atoms with Gasteiger partial charge in [-0.15, -0.1) is 0 Å². The average Bonchev–Trinajstić information content (AvgIpc) is 2.53. The Bertz CT molecular complexity index is 716. The second-order valence-electron chi connectivity index (χ2n) is 5.14. The molecule has 0 saturated heterocycles. The van der Waals surface area contributed by atoms with Crippen LogP contribution in [0.3, 0.4) is 0 Å². The monoisotopic (exact) mass is 316 g/mol. The molecule has 0 aromatic heterocycles. The number of rotatable bonds is 7. The van der Waals surface area contributed by atoms with Crippen LogP contribution < -0.4 is 0 Å². The molecule has 0 aliphatic carbocycles. The van der Waals surface area contributed by atoms with E-state index >= 15 is 0 Å². The van der Waals surface area contributed by atoms with Crippen molar-refractivity contribution in [2.45, 2.75) is 25.7 Å². The molecule has 0 fully saturated rings. The number of nitrogens with zero attached hydrogens (tertiary/aromatic N) is 2. The van der Waals surface area contributed by atoms with E-state index < -0.39 is 21.2 Å². The Kier molecular flexibility index (Phi) is 5.24. The zero-order chi connectivity index (χ0) is 16.8. The van der Waals surface area contributed by atoms with E-state index in [1.807, 2.05) is 30.3 Å². The Morgan fingerprint density at radius 1 is 0.870 bits per heavy atom. The van der Waals surface area contributed by atoms with Crippen LogP contribution in [0.4, 0.5) is 11.4 Å². The Morgan fingerprint density at radius 2 is 1.52 bits per heavy atom. The fourth-order valence-electron chi connectivity index (χ4n) is 2.49. The number of hydrogen-bond donors (Lipinski definition) is 1. The number of aromatic hydroxyl groups is 1. The molecule has 0 bridgehead atoms. The van der Waals surface area contributed by atoms with Crippen molar-refractivity contribution in [1.82, 2.24) is 0 Å². The Morgan fingerprint density at radius 3 is 2.13 bits per heavy atom. The summed E-state index contributed by atoms with van der Waals surface area (Å²) in [7, 11) is 0. The summed E-state index contributed by atoms with van der Waals surface area (Å²) in [4.78, 5) is 20.5. The lowest BCUT2D eigenvalue weighted by atomic mass is 10.0. The highest BCUT2D eigenvalue weighted by molar-refractivity contribution is 5.62. The smallest absolute Gasteiger partial charge is 0.352 e. The Balaban J connectivity index is 2.11. The second kappa shape index (κ2) is 7.35. The van der Waals surface area contributed by atoms with Crippen LogP contribution in [0.2, 0.25) is 0 Å². The summed E-state index contributed by atoms with van der Waals surface area (Å²) in [5, 5.41) is 31.9. The lowest BCUT2D eigenvalue weighted by Crippen LogP contribution is -2.02. The van der Waals surface area contributed by atoms with Crippen molar-refractivity contribution in [2.24, 2.45) is 0 Å². The van der Waals surface area contributed by atoms with Gasteiger partial charge >= 0.3 is 11.4 Å². The maximum atomic E-state index is 11.1. The minimum Gasteiger partial charge on any atom is -0.507 e. The number of nitro benzene ring substituents is 2. The first-order valence-corrected chi connectivity index (χ1v) is 7.18. The molecule has 7 heteroatoms. The summed E-state index contributed by atoms with van der Waals surface area (Å²) in [5.41, 5.74) is -0.0249. The van der Waals surface area contributed by atoms with E-state index in [0.717, 1.165) is 30.5 Å². The van der Waals surface area contributed by atoms with Crippen LogP contribution in [0.25, 0.3) is 0 Å². The van der Waals surface area contributed by atoms with Crippen molar-refractivity contribution in [1.29, 1.82) is 0 Å². The molecular formula is C16H16N2O5. The van der Waals surface area contributed by atoms with E-state index in [1.54, 1.807) is 0 Å². The minimum absolute atomic E-state index is 0.0252. The molecule has 2 aromatic carbocycles. The summed E-state index contributed by atoms with van der Waals surface area (Å²) in [6.45, 7) is 0. The Labute approximate surface area is 132 Å². The van der Waals surface area contributed by atoms with Crippen molar-refractivity contribution >= 4 is 11.4 Å². The number of hydrogen-bond acceptors (Lipinski definition) is 5. The van der Waals surface area contributed by atoms with Gasteiger partial charge in [0.2, 0.25) is 0 Å². The number of phenolic OH excluding ortho intramolecular Hbond substituents is 1. The van der Waals surface area contributed by atoms with Crippen LogP contribution in [0.15, 0.2) is 42.5 Å². The number of aryl methyl sites for hydroxylation is 1. The first-order chi connectivity index (χ1) is 11.0. The van der Waals surface area contributed by atoms with Crippen LogP contribution in [-0.4, -0.2) is 15.0 Å². The van der Waals surface area contributed by atoms with E-state index in [1.165, 1.54) is 0 Å². The zero-order valence-corrected chi connectivity index (χ0v) is 12.3. The number of nitro groups is 2. The fraction of sp³-hybridized carbons (Fsp3) is 0.250. The van der Waals surface area contributed by atoms with Gasteiger partial charge in [0, 0.05) is 6.07 Å². The molecule has 0 saturated carbocycles. The fourth-order valence-corrected chi connectivity index (χ4v) is 2.49. The molecule has 0 atom stereocenters. The normalized spacial score (nSPS) is 10.4. The maximum absolute atomic E-state index is 11.1. The minimum atomic E-state index is -0.801. The molecule has 0 spiro atoms. The summed E-state index contributed by atoms with van der Waals surface area (Å²) < 4.78 is 0. The topological polar surface area (TPSA) is 107 Å². The average molecular weight is 316 g/mol. The van der Waals surface area contributed by atoms with E-state index in [4.69, 9.17) is 0 Å². The van der Waals surface area contributed by atoms with Gasteiger partial charge in [-0.3, -0.25) is 20.2 Å². The van der Waals surface area contributed by atoms with Gasteiger partial charge in [0.25, 0.3) is 0 Å². The molecule has 0 aliphatic rings. The second-order valence-corrected chi connectivity index (χ2v) is 5.14. The van der Waals surface area contributed by atoms with Crippen molar-refractivity contribution < 1.29 is 15.0 Å². The molecule has 0 unspecified atom stereocenters. The van der Waals surface area contributed by atoms with Crippen LogP contribution in [0, 0.1) is 20.2 Å². The molecule has 2 rings (SSSR count). The third-order valence-electron chi connectivity index (χ3n) is 3.60.